The highest BCUT2D eigenvalue weighted by Gasteiger charge is 2.74. The highest BCUT2D eigenvalue weighted by Crippen LogP contribution is 2.76. The van der Waals surface area contributed by atoms with E-state index in [4.69, 9.17) is 37.9 Å². The number of rotatable bonds is 13. The lowest BCUT2D eigenvalue weighted by Gasteiger charge is -2.72. The van der Waals surface area contributed by atoms with Crippen molar-refractivity contribution >= 4 is 11.9 Å². The van der Waals surface area contributed by atoms with Crippen LogP contribution in [-0.4, -0.2) is 204 Å². The molecule has 3 saturated heterocycles. The van der Waals surface area contributed by atoms with Crippen molar-refractivity contribution in [1.82, 2.24) is 0 Å². The van der Waals surface area contributed by atoms with Gasteiger partial charge in [0.2, 0.25) is 0 Å². The van der Waals surface area contributed by atoms with E-state index in [2.05, 4.69) is 40.7 Å². The summed E-state index contributed by atoms with van der Waals surface area (Å²) < 4.78 is 50.2. The molecule has 0 amide bonds. The maximum absolute atomic E-state index is 13.8. The standard InChI is InChI=1S/C58H92O21/c1-13-26(3)48(70)78-46-47(79-49(71)27(4)14-2)58(25-61)30(21-53(46,6)7)29-15-16-34-55(10)19-18-36(54(8,9)33(55)17-20-56(34,11)57(29,12)22-35(58)62)75-52-45(77-51-43(69)41(67)38(64)31(23-59)73-51)44(39(65)32(24-60)74-52)76-50-42(68)40(66)37(63)28(5)72-50/h13-15,28,30-47,50-52,59-69H,16-25H2,1-12H3. The summed E-state index contributed by atoms with van der Waals surface area (Å²) in [5.74, 6) is -1.60. The molecule has 11 N–H and O–H groups in total. The molecule has 3 heterocycles. The van der Waals surface area contributed by atoms with Crippen LogP contribution in [0.1, 0.15) is 128 Å². The number of esters is 2. The van der Waals surface area contributed by atoms with Crippen LogP contribution in [0.2, 0.25) is 0 Å². The van der Waals surface area contributed by atoms with Gasteiger partial charge < -0.3 is 94.1 Å². The van der Waals surface area contributed by atoms with Crippen molar-refractivity contribution in [2.24, 2.45) is 50.2 Å². The predicted octanol–water partition coefficient (Wildman–Crippen LogP) is 1.59. The highest BCUT2D eigenvalue weighted by molar-refractivity contribution is 5.88. The number of aliphatic hydroxyl groups excluding tert-OH is 11. The number of carbonyl (C=O) groups is 2. The molecule has 0 spiro atoms. The van der Waals surface area contributed by atoms with E-state index in [9.17, 15) is 65.8 Å². The van der Waals surface area contributed by atoms with Gasteiger partial charge in [-0.25, -0.2) is 9.59 Å². The number of allylic oxidation sites excluding steroid dienone is 4. The predicted molar refractivity (Wildman–Crippen MR) is 279 cm³/mol. The molecule has 8 rings (SSSR count). The fraction of sp³-hybridized carbons (Fsp3) is 0.862. The van der Waals surface area contributed by atoms with E-state index in [-0.39, 0.29) is 23.7 Å². The fourth-order valence-corrected chi connectivity index (χ4v) is 16.3. The smallest absolute Gasteiger partial charge is 0.333 e. The van der Waals surface area contributed by atoms with Crippen molar-refractivity contribution in [3.63, 3.8) is 0 Å². The molecule has 4 saturated carbocycles. The molecule has 0 aromatic heterocycles. The summed E-state index contributed by atoms with van der Waals surface area (Å²) in [6, 6.07) is 0. The van der Waals surface area contributed by atoms with Crippen LogP contribution in [0.15, 0.2) is 34.9 Å². The Balaban J connectivity index is 1.12. The lowest BCUT2D eigenvalue weighted by Crippen LogP contribution is -2.72. The summed E-state index contributed by atoms with van der Waals surface area (Å²) in [6.07, 6.45) is -18.9. The Bertz CT molecular complexity index is 2300. The number of ether oxygens (including phenoxy) is 8. The summed E-state index contributed by atoms with van der Waals surface area (Å²) in [4.78, 5) is 27.4. The molecule has 0 bridgehead atoms. The van der Waals surface area contributed by atoms with Crippen LogP contribution in [0.4, 0.5) is 0 Å². The zero-order valence-corrected chi connectivity index (χ0v) is 48.0. The van der Waals surface area contributed by atoms with Crippen LogP contribution in [-0.2, 0) is 47.5 Å². The highest BCUT2D eigenvalue weighted by atomic mass is 16.8. The van der Waals surface area contributed by atoms with Gasteiger partial charge in [0.05, 0.1) is 43.5 Å². The van der Waals surface area contributed by atoms with E-state index in [1.807, 2.05) is 13.8 Å². The normalized spacial score (nSPS) is 49.7. The van der Waals surface area contributed by atoms with Crippen LogP contribution >= 0.6 is 0 Å². The van der Waals surface area contributed by atoms with Gasteiger partial charge in [0, 0.05) is 16.6 Å². The minimum absolute atomic E-state index is 0.00336. The SMILES string of the molecule is CC=C(C)C(=O)OC1C(OC(=O)C(C)=CC)C2(CO)C(O)CC3(C)C(=CCC4C5(C)CCC(OC6OC(CO)C(O)C(OC7OC(C)C(O)C(O)C7O)C6OC6OC(CO)C(O)C(O)C6O)C(C)(C)C5CCC43C)C2CC1(C)C. The first kappa shape index (κ1) is 62.5. The third-order valence-electron chi connectivity index (χ3n) is 21.6. The van der Waals surface area contributed by atoms with Crippen LogP contribution < -0.4 is 0 Å². The van der Waals surface area contributed by atoms with E-state index in [0.29, 0.717) is 36.8 Å². The Morgan fingerprint density at radius 1 is 0.633 bits per heavy atom. The van der Waals surface area contributed by atoms with Gasteiger partial charge in [-0.3, -0.25) is 0 Å². The Morgan fingerprint density at radius 2 is 1.18 bits per heavy atom. The van der Waals surface area contributed by atoms with Crippen molar-refractivity contribution in [3.8, 4) is 0 Å². The maximum atomic E-state index is 13.8. The molecule has 3 aliphatic heterocycles. The fourth-order valence-electron chi connectivity index (χ4n) is 16.3. The number of fused-ring (bicyclic) bond motifs is 7. The third kappa shape index (κ3) is 10.1. The van der Waals surface area contributed by atoms with Gasteiger partial charge in [-0.1, -0.05) is 72.3 Å². The van der Waals surface area contributed by atoms with Crippen LogP contribution in [0.3, 0.4) is 0 Å². The minimum atomic E-state index is -1.91. The molecule has 79 heavy (non-hydrogen) atoms. The molecule has 450 valence electrons. The lowest BCUT2D eigenvalue weighted by molar-refractivity contribution is -0.398. The Kier molecular flexibility index (Phi) is 18.1. The molecule has 5 aliphatic carbocycles. The molecule has 26 atom stereocenters. The zero-order valence-electron chi connectivity index (χ0n) is 48.0. The second kappa shape index (κ2) is 22.8. The van der Waals surface area contributed by atoms with Gasteiger partial charge in [0.15, 0.2) is 25.0 Å². The van der Waals surface area contributed by atoms with Gasteiger partial charge in [-0.2, -0.15) is 0 Å². The average molecular weight is 1130 g/mol. The van der Waals surface area contributed by atoms with E-state index in [0.717, 1.165) is 18.4 Å². The largest absolute Gasteiger partial charge is 0.454 e. The summed E-state index contributed by atoms with van der Waals surface area (Å²) in [5, 5.41) is 122. The van der Waals surface area contributed by atoms with Gasteiger partial charge in [-0.05, 0) is 119 Å². The van der Waals surface area contributed by atoms with Crippen LogP contribution in [0.5, 0.6) is 0 Å². The van der Waals surface area contributed by atoms with Gasteiger partial charge in [-0.15, -0.1) is 0 Å². The molecule has 0 aromatic carbocycles. The van der Waals surface area contributed by atoms with Crippen molar-refractivity contribution in [2.75, 3.05) is 19.8 Å². The number of hydrogen-bond donors (Lipinski definition) is 11. The lowest BCUT2D eigenvalue weighted by atomic mass is 9.33. The molecular formula is C58H92O21. The molecule has 26 unspecified atom stereocenters. The molecule has 21 nitrogen and oxygen atoms in total. The average Bonchev–Trinajstić information content (AvgIpc) is 1.74. The zero-order chi connectivity index (χ0) is 58.4. The number of hydrogen-bond acceptors (Lipinski definition) is 21. The van der Waals surface area contributed by atoms with Crippen LogP contribution in [0, 0.1) is 50.2 Å². The second-order valence-electron chi connectivity index (χ2n) is 26.4. The Morgan fingerprint density at radius 3 is 1.76 bits per heavy atom. The van der Waals surface area contributed by atoms with Crippen molar-refractivity contribution < 1.29 is 104 Å². The summed E-state index contributed by atoms with van der Waals surface area (Å²) >= 11 is 0. The molecule has 8 aliphatic rings. The van der Waals surface area contributed by atoms with E-state index >= 15 is 0 Å². The first-order valence-corrected chi connectivity index (χ1v) is 28.5. The number of aliphatic hydroxyl groups is 11. The van der Waals surface area contributed by atoms with Gasteiger partial charge >= 0.3 is 11.9 Å². The first-order valence-electron chi connectivity index (χ1n) is 28.5. The second-order valence-corrected chi connectivity index (χ2v) is 26.4. The Hall–Kier alpha value is -2.52. The van der Waals surface area contributed by atoms with E-state index in [1.165, 1.54) is 6.92 Å². The summed E-state index contributed by atoms with van der Waals surface area (Å²) in [5.41, 5.74) is -2.40. The van der Waals surface area contributed by atoms with Crippen molar-refractivity contribution in [1.29, 1.82) is 0 Å². The van der Waals surface area contributed by atoms with Gasteiger partial charge in [0.1, 0.15) is 73.2 Å². The minimum Gasteiger partial charge on any atom is -0.454 e. The van der Waals surface area contributed by atoms with E-state index < -0.39 is 181 Å². The maximum Gasteiger partial charge on any atom is 0.333 e. The monoisotopic (exact) mass is 1120 g/mol. The quantitative estimate of drug-likeness (QED) is 0.0540. The van der Waals surface area contributed by atoms with Crippen LogP contribution in [0.25, 0.3) is 0 Å². The summed E-state index contributed by atoms with van der Waals surface area (Å²) in [7, 11) is 0. The topological polar surface area (TPSA) is 331 Å². The summed E-state index contributed by atoms with van der Waals surface area (Å²) in [6.45, 7) is 21.2. The Labute approximate surface area is 463 Å². The molecule has 0 radical (unpaired) electrons. The molecule has 0 aromatic rings. The molecule has 7 fully saturated rings. The van der Waals surface area contributed by atoms with Crippen molar-refractivity contribution in [2.45, 2.75) is 245 Å². The molecular weight excluding hydrogens is 1030 g/mol. The molecule has 21 heteroatoms. The third-order valence-corrected chi connectivity index (χ3v) is 21.6. The van der Waals surface area contributed by atoms with Crippen molar-refractivity contribution in [3.05, 3.63) is 34.9 Å². The van der Waals surface area contributed by atoms with Gasteiger partial charge in [0.25, 0.3) is 0 Å². The number of carbonyl (C=O) groups excluding carboxylic acids is 2. The first-order chi connectivity index (χ1) is 36.9. The van der Waals surface area contributed by atoms with E-state index in [1.54, 1.807) is 39.8 Å².